The monoisotopic (exact) mass is 257 g/mol. The number of nitrogen functional groups attached to an aromatic ring is 1. The Morgan fingerprint density at radius 3 is 2.89 bits per heavy atom. The quantitative estimate of drug-likeness (QED) is 0.558. The molecule has 5 nitrogen and oxygen atoms in total. The number of aromatic nitrogens is 1. The van der Waals surface area contributed by atoms with Crippen molar-refractivity contribution in [2.24, 2.45) is 5.73 Å². The summed E-state index contributed by atoms with van der Waals surface area (Å²) in [6.07, 6.45) is 1.59. The second kappa shape index (κ2) is 5.97. The van der Waals surface area contributed by atoms with Crippen LogP contribution in [0.4, 0.5) is 0 Å². The van der Waals surface area contributed by atoms with E-state index in [4.69, 9.17) is 21.0 Å². The maximum absolute atomic E-state index is 9.05. The average Bonchev–Trinajstić information content (AvgIpc) is 2.45. The lowest BCUT2D eigenvalue weighted by molar-refractivity contribution is 0.278. The summed E-state index contributed by atoms with van der Waals surface area (Å²) >= 11 is 0. The van der Waals surface area contributed by atoms with Gasteiger partial charge < -0.3 is 15.6 Å². The molecule has 0 amide bonds. The summed E-state index contributed by atoms with van der Waals surface area (Å²) in [5.41, 5.74) is 7.43. The molecule has 0 spiro atoms. The van der Waals surface area contributed by atoms with Gasteiger partial charge in [0.15, 0.2) is 0 Å². The van der Waals surface area contributed by atoms with E-state index in [1.807, 2.05) is 24.3 Å². The van der Waals surface area contributed by atoms with E-state index >= 15 is 0 Å². The number of rotatable bonds is 5. The van der Waals surface area contributed by atoms with Crippen molar-refractivity contribution in [2.75, 3.05) is 0 Å². The fourth-order valence-electron chi connectivity index (χ4n) is 1.69. The first kappa shape index (κ1) is 13.0. The number of ether oxygens (including phenoxy) is 1. The summed E-state index contributed by atoms with van der Waals surface area (Å²) in [4.78, 5) is 4.05. The lowest BCUT2D eigenvalue weighted by Gasteiger charge is -2.10. The van der Waals surface area contributed by atoms with E-state index in [9.17, 15) is 0 Å². The predicted molar refractivity (Wildman–Crippen MR) is 71.9 cm³/mol. The van der Waals surface area contributed by atoms with Crippen LogP contribution >= 0.6 is 0 Å². The number of hydrogen-bond donors (Lipinski definition) is 3. The number of hydrogen-bond acceptors (Lipinski definition) is 4. The summed E-state index contributed by atoms with van der Waals surface area (Å²) in [6.45, 7) is 0.250. The third kappa shape index (κ3) is 3.29. The van der Waals surface area contributed by atoms with Gasteiger partial charge in [0.2, 0.25) is 0 Å². The highest BCUT2D eigenvalue weighted by atomic mass is 16.5. The number of benzene rings is 1. The Morgan fingerprint density at radius 1 is 1.32 bits per heavy atom. The normalized spacial score (nSPS) is 10.2. The Kier molecular flexibility index (Phi) is 4.10. The number of pyridine rings is 1. The molecular formula is C14H15N3O2. The van der Waals surface area contributed by atoms with Crippen LogP contribution in [0.1, 0.15) is 16.8 Å². The predicted octanol–water partition coefficient (Wildman–Crippen LogP) is 1.44. The second-order valence-corrected chi connectivity index (χ2v) is 4.02. The largest absolute Gasteiger partial charge is 0.489 e. The van der Waals surface area contributed by atoms with Crippen LogP contribution in [-0.2, 0) is 13.2 Å². The molecule has 0 fully saturated rings. The molecule has 0 bridgehead atoms. The Balaban J connectivity index is 2.12. The van der Waals surface area contributed by atoms with Crippen molar-refractivity contribution >= 4 is 5.84 Å². The Labute approximate surface area is 111 Å². The number of amidine groups is 1. The molecule has 2 aromatic rings. The molecule has 0 unspecified atom stereocenters. The van der Waals surface area contributed by atoms with Crippen LogP contribution in [0.5, 0.6) is 5.75 Å². The fourth-order valence-corrected chi connectivity index (χ4v) is 1.69. The Bertz CT molecular complexity index is 584. The van der Waals surface area contributed by atoms with Crippen molar-refractivity contribution in [3.05, 3.63) is 59.4 Å². The molecule has 0 aliphatic carbocycles. The smallest absolute Gasteiger partial charge is 0.142 e. The molecule has 19 heavy (non-hydrogen) atoms. The zero-order valence-corrected chi connectivity index (χ0v) is 10.3. The number of nitrogens with two attached hydrogens (primary N) is 1. The van der Waals surface area contributed by atoms with Crippen molar-refractivity contribution < 1.29 is 9.84 Å². The van der Waals surface area contributed by atoms with Crippen molar-refractivity contribution in [3.8, 4) is 5.75 Å². The highest BCUT2D eigenvalue weighted by Gasteiger charge is 2.07. The van der Waals surface area contributed by atoms with Gasteiger partial charge in [-0.15, -0.1) is 0 Å². The molecule has 2 rings (SSSR count). The lowest BCUT2D eigenvalue weighted by Crippen LogP contribution is -2.16. The van der Waals surface area contributed by atoms with Crippen molar-refractivity contribution in [3.63, 3.8) is 0 Å². The zero-order valence-electron chi connectivity index (χ0n) is 10.3. The first-order valence-corrected chi connectivity index (χ1v) is 5.81. The lowest BCUT2D eigenvalue weighted by atomic mass is 10.2. The minimum absolute atomic E-state index is 0.0250. The Hall–Kier alpha value is -2.40. The maximum atomic E-state index is 9.05. The van der Waals surface area contributed by atoms with Crippen LogP contribution in [-0.4, -0.2) is 15.9 Å². The molecule has 1 aromatic heterocycles. The maximum Gasteiger partial charge on any atom is 0.142 e. The number of aliphatic hydroxyl groups is 1. The van der Waals surface area contributed by atoms with Gasteiger partial charge in [0.1, 0.15) is 23.9 Å². The molecule has 0 saturated carbocycles. The van der Waals surface area contributed by atoms with E-state index in [2.05, 4.69) is 4.98 Å². The molecule has 98 valence electrons. The van der Waals surface area contributed by atoms with Gasteiger partial charge in [-0.1, -0.05) is 18.2 Å². The first-order chi connectivity index (χ1) is 9.20. The van der Waals surface area contributed by atoms with Crippen LogP contribution in [0.25, 0.3) is 0 Å². The van der Waals surface area contributed by atoms with Crippen LogP contribution in [0, 0.1) is 5.41 Å². The molecular weight excluding hydrogens is 242 g/mol. The highest BCUT2D eigenvalue weighted by molar-refractivity contribution is 5.94. The molecule has 4 N–H and O–H groups in total. The molecule has 0 aliphatic rings. The zero-order chi connectivity index (χ0) is 13.7. The second-order valence-electron chi connectivity index (χ2n) is 4.02. The summed E-state index contributed by atoms with van der Waals surface area (Å²) in [6, 6.07) is 10.8. The Morgan fingerprint density at radius 2 is 2.16 bits per heavy atom. The van der Waals surface area contributed by atoms with Crippen LogP contribution in [0.15, 0.2) is 42.6 Å². The van der Waals surface area contributed by atoms with Gasteiger partial charge in [0.05, 0.1) is 6.61 Å². The van der Waals surface area contributed by atoms with E-state index in [-0.39, 0.29) is 19.0 Å². The van der Waals surface area contributed by atoms with E-state index in [1.165, 1.54) is 0 Å². The van der Waals surface area contributed by atoms with E-state index in [0.29, 0.717) is 11.4 Å². The minimum atomic E-state index is -0.0803. The SMILES string of the molecule is N=C(N)c1ncccc1COc1cccc(CO)c1. The van der Waals surface area contributed by atoms with Gasteiger partial charge in [-0.3, -0.25) is 10.4 Å². The number of nitrogens with one attached hydrogen (secondary N) is 1. The van der Waals surface area contributed by atoms with Crippen molar-refractivity contribution in [2.45, 2.75) is 13.2 Å². The topological polar surface area (TPSA) is 92.2 Å². The molecule has 1 heterocycles. The van der Waals surface area contributed by atoms with Crippen LogP contribution in [0.2, 0.25) is 0 Å². The first-order valence-electron chi connectivity index (χ1n) is 5.81. The molecule has 1 aromatic carbocycles. The summed E-state index contributed by atoms with van der Waals surface area (Å²) in [7, 11) is 0. The summed E-state index contributed by atoms with van der Waals surface area (Å²) in [5, 5.41) is 16.5. The van der Waals surface area contributed by atoms with E-state index in [0.717, 1.165) is 11.1 Å². The molecule has 0 aliphatic heterocycles. The van der Waals surface area contributed by atoms with Crippen LogP contribution in [0.3, 0.4) is 0 Å². The molecule has 0 radical (unpaired) electrons. The highest BCUT2D eigenvalue weighted by Crippen LogP contribution is 2.16. The third-order valence-corrected chi connectivity index (χ3v) is 2.62. The number of nitrogens with zero attached hydrogens (tertiary/aromatic N) is 1. The summed E-state index contributed by atoms with van der Waals surface area (Å²) in [5.74, 6) is 0.577. The van der Waals surface area contributed by atoms with Gasteiger partial charge in [0.25, 0.3) is 0 Å². The fraction of sp³-hybridized carbons (Fsp3) is 0.143. The van der Waals surface area contributed by atoms with Gasteiger partial charge in [-0.05, 0) is 23.8 Å². The van der Waals surface area contributed by atoms with Crippen molar-refractivity contribution in [1.82, 2.24) is 4.98 Å². The third-order valence-electron chi connectivity index (χ3n) is 2.62. The minimum Gasteiger partial charge on any atom is -0.489 e. The number of aliphatic hydroxyl groups excluding tert-OH is 1. The van der Waals surface area contributed by atoms with E-state index < -0.39 is 0 Å². The standard InChI is InChI=1S/C14H15N3O2/c15-14(16)13-11(4-2-6-17-13)9-19-12-5-1-3-10(7-12)8-18/h1-7,18H,8-9H2,(H3,15,16). The molecule has 5 heteroatoms. The molecule has 0 saturated heterocycles. The molecule has 0 atom stereocenters. The van der Waals surface area contributed by atoms with E-state index in [1.54, 1.807) is 18.3 Å². The average molecular weight is 257 g/mol. The summed E-state index contributed by atoms with van der Waals surface area (Å²) < 4.78 is 5.62. The van der Waals surface area contributed by atoms with Crippen LogP contribution < -0.4 is 10.5 Å². The van der Waals surface area contributed by atoms with Gasteiger partial charge in [-0.25, -0.2) is 0 Å². The van der Waals surface area contributed by atoms with Gasteiger partial charge >= 0.3 is 0 Å². The van der Waals surface area contributed by atoms with Gasteiger partial charge in [-0.2, -0.15) is 0 Å². The van der Waals surface area contributed by atoms with Gasteiger partial charge in [0, 0.05) is 11.8 Å². The van der Waals surface area contributed by atoms with Crippen molar-refractivity contribution in [1.29, 1.82) is 5.41 Å².